The minimum Gasteiger partial charge on any atom is -0.312 e. The third-order valence-electron chi connectivity index (χ3n) is 3.53. The van der Waals surface area contributed by atoms with E-state index >= 15 is 0 Å². The van der Waals surface area contributed by atoms with Gasteiger partial charge in [-0.3, -0.25) is 4.68 Å². The fraction of sp³-hybridized carbons (Fsp3) is 0.471. The summed E-state index contributed by atoms with van der Waals surface area (Å²) in [5.74, 6) is 0.689. The second-order valence-corrected chi connectivity index (χ2v) is 6.78. The van der Waals surface area contributed by atoms with Gasteiger partial charge in [0.25, 0.3) is 0 Å². The van der Waals surface area contributed by atoms with E-state index < -0.39 is 0 Å². The number of nitrogens with zero attached hydrogens (tertiary/aromatic N) is 2. The zero-order chi connectivity index (χ0) is 15.4. The van der Waals surface area contributed by atoms with Crippen LogP contribution in [0.5, 0.6) is 0 Å². The molecule has 0 unspecified atom stereocenters. The first-order valence-electron chi connectivity index (χ1n) is 7.45. The average molecular weight is 350 g/mol. The van der Waals surface area contributed by atoms with Gasteiger partial charge in [0.05, 0.1) is 22.4 Å². The Bertz CT molecular complexity index is 585. The van der Waals surface area contributed by atoms with Gasteiger partial charge < -0.3 is 5.32 Å². The quantitative estimate of drug-likeness (QED) is 0.852. The molecule has 0 fully saturated rings. The van der Waals surface area contributed by atoms with E-state index in [4.69, 9.17) is 0 Å². The van der Waals surface area contributed by atoms with Gasteiger partial charge in [0.1, 0.15) is 0 Å². The van der Waals surface area contributed by atoms with Gasteiger partial charge in [-0.25, -0.2) is 0 Å². The van der Waals surface area contributed by atoms with Gasteiger partial charge in [0, 0.05) is 6.54 Å². The minimum absolute atomic E-state index is 0.689. The summed E-state index contributed by atoms with van der Waals surface area (Å²) in [6.45, 7) is 11.4. The summed E-state index contributed by atoms with van der Waals surface area (Å²) in [6.07, 6.45) is 0. The summed E-state index contributed by atoms with van der Waals surface area (Å²) in [5.41, 5.74) is 4.83. The van der Waals surface area contributed by atoms with Crippen LogP contribution >= 0.6 is 15.9 Å². The first kappa shape index (κ1) is 16.2. The van der Waals surface area contributed by atoms with E-state index in [0.717, 1.165) is 29.8 Å². The van der Waals surface area contributed by atoms with Crippen molar-refractivity contribution in [2.24, 2.45) is 5.92 Å². The molecule has 1 heterocycles. The first-order chi connectivity index (χ1) is 9.97. The molecule has 2 rings (SSSR count). The van der Waals surface area contributed by atoms with Crippen molar-refractivity contribution < 1.29 is 0 Å². The number of hydrogen-bond donors (Lipinski definition) is 1. The zero-order valence-electron chi connectivity index (χ0n) is 13.3. The summed E-state index contributed by atoms with van der Waals surface area (Å²) in [4.78, 5) is 0. The smallest absolute Gasteiger partial charge is 0.0738 e. The van der Waals surface area contributed by atoms with Gasteiger partial charge >= 0.3 is 0 Å². The molecule has 0 aliphatic heterocycles. The molecule has 21 heavy (non-hydrogen) atoms. The highest BCUT2D eigenvalue weighted by atomic mass is 79.9. The molecule has 0 aliphatic rings. The third-order valence-corrected chi connectivity index (χ3v) is 4.68. The summed E-state index contributed by atoms with van der Waals surface area (Å²) >= 11 is 3.57. The number of benzene rings is 1. The Balaban J connectivity index is 1.97. The number of rotatable bonds is 6. The Labute approximate surface area is 135 Å². The Kier molecular flexibility index (Phi) is 5.59. The molecule has 0 atom stereocenters. The number of hydrogen-bond acceptors (Lipinski definition) is 2. The number of aromatic nitrogens is 2. The summed E-state index contributed by atoms with van der Waals surface area (Å²) in [7, 11) is 0. The maximum Gasteiger partial charge on any atom is 0.0738 e. The molecule has 4 heteroatoms. The molecular formula is C17H24BrN3. The normalized spacial score (nSPS) is 11.3. The third kappa shape index (κ3) is 4.42. The highest BCUT2D eigenvalue weighted by Gasteiger charge is 2.08. The van der Waals surface area contributed by atoms with E-state index in [1.807, 2.05) is 11.6 Å². The van der Waals surface area contributed by atoms with Crippen molar-refractivity contribution in [1.82, 2.24) is 15.1 Å². The van der Waals surface area contributed by atoms with Crippen molar-refractivity contribution in [1.29, 1.82) is 0 Å². The highest BCUT2D eigenvalue weighted by molar-refractivity contribution is 9.10. The molecule has 0 saturated carbocycles. The molecule has 0 radical (unpaired) electrons. The van der Waals surface area contributed by atoms with Crippen LogP contribution in [0.1, 0.15) is 36.4 Å². The fourth-order valence-corrected chi connectivity index (χ4v) is 2.55. The lowest BCUT2D eigenvalue weighted by Crippen LogP contribution is -2.18. The zero-order valence-corrected chi connectivity index (χ0v) is 14.9. The van der Waals surface area contributed by atoms with Crippen LogP contribution in [-0.2, 0) is 13.1 Å². The second-order valence-electron chi connectivity index (χ2n) is 5.98. The van der Waals surface area contributed by atoms with E-state index in [9.17, 15) is 0 Å². The molecule has 1 aromatic heterocycles. The van der Waals surface area contributed by atoms with E-state index in [-0.39, 0.29) is 0 Å². The SMILES string of the molecule is Cc1nn(Cc2ccc(CNCC(C)C)cc2)c(C)c1Br. The van der Waals surface area contributed by atoms with Gasteiger partial charge in [-0.2, -0.15) is 5.10 Å². The van der Waals surface area contributed by atoms with Crippen LogP contribution < -0.4 is 5.32 Å². The molecule has 114 valence electrons. The fourth-order valence-electron chi connectivity index (χ4n) is 2.27. The van der Waals surface area contributed by atoms with Crippen LogP contribution in [0.25, 0.3) is 0 Å². The largest absolute Gasteiger partial charge is 0.312 e. The standard InChI is InChI=1S/C17H24BrN3/c1-12(2)9-19-10-15-5-7-16(8-6-15)11-21-14(4)17(18)13(3)20-21/h5-8,12,19H,9-11H2,1-4H3. The Morgan fingerprint density at radius 3 is 2.29 bits per heavy atom. The van der Waals surface area contributed by atoms with Crippen molar-refractivity contribution in [2.45, 2.75) is 40.8 Å². The van der Waals surface area contributed by atoms with E-state index in [0.29, 0.717) is 5.92 Å². The van der Waals surface area contributed by atoms with Gasteiger partial charge in [0.15, 0.2) is 0 Å². The van der Waals surface area contributed by atoms with Crippen molar-refractivity contribution in [2.75, 3.05) is 6.54 Å². The molecule has 0 saturated heterocycles. The highest BCUT2D eigenvalue weighted by Crippen LogP contribution is 2.20. The van der Waals surface area contributed by atoms with Crippen LogP contribution in [0.3, 0.4) is 0 Å². The average Bonchev–Trinajstić information content (AvgIpc) is 2.68. The van der Waals surface area contributed by atoms with Crippen molar-refractivity contribution >= 4 is 15.9 Å². The maximum atomic E-state index is 4.55. The topological polar surface area (TPSA) is 29.9 Å². The van der Waals surface area contributed by atoms with Gasteiger partial charge in [0.2, 0.25) is 0 Å². The Morgan fingerprint density at radius 2 is 1.76 bits per heavy atom. The molecule has 3 nitrogen and oxygen atoms in total. The molecule has 1 N–H and O–H groups in total. The molecule has 0 aliphatic carbocycles. The van der Waals surface area contributed by atoms with E-state index in [1.165, 1.54) is 16.8 Å². The van der Waals surface area contributed by atoms with Gasteiger partial charge in [-0.1, -0.05) is 38.1 Å². The lowest BCUT2D eigenvalue weighted by atomic mass is 10.1. The summed E-state index contributed by atoms with van der Waals surface area (Å²) in [6, 6.07) is 8.78. The summed E-state index contributed by atoms with van der Waals surface area (Å²) < 4.78 is 3.16. The van der Waals surface area contributed by atoms with Crippen molar-refractivity contribution in [3.05, 3.63) is 51.3 Å². The molecule has 0 spiro atoms. The monoisotopic (exact) mass is 349 g/mol. The first-order valence-corrected chi connectivity index (χ1v) is 8.24. The number of aryl methyl sites for hydroxylation is 1. The lowest BCUT2D eigenvalue weighted by molar-refractivity contribution is 0.552. The molecule has 2 aromatic rings. The van der Waals surface area contributed by atoms with Crippen molar-refractivity contribution in [3.8, 4) is 0 Å². The lowest BCUT2D eigenvalue weighted by Gasteiger charge is -2.09. The minimum atomic E-state index is 0.689. The second kappa shape index (κ2) is 7.23. The Hall–Kier alpha value is -1.13. The number of nitrogens with one attached hydrogen (secondary N) is 1. The van der Waals surface area contributed by atoms with E-state index in [2.05, 4.69) is 71.4 Å². The molecule has 0 amide bonds. The Morgan fingerprint density at radius 1 is 1.14 bits per heavy atom. The maximum absolute atomic E-state index is 4.55. The van der Waals surface area contributed by atoms with Crippen LogP contribution in [0.4, 0.5) is 0 Å². The molecule has 1 aromatic carbocycles. The van der Waals surface area contributed by atoms with Gasteiger partial charge in [-0.15, -0.1) is 0 Å². The van der Waals surface area contributed by atoms with Crippen molar-refractivity contribution in [3.63, 3.8) is 0 Å². The predicted octanol–water partition coefficient (Wildman–Crippen LogP) is 4.06. The van der Waals surface area contributed by atoms with Crippen LogP contribution in [-0.4, -0.2) is 16.3 Å². The van der Waals surface area contributed by atoms with Crippen LogP contribution in [0.15, 0.2) is 28.7 Å². The van der Waals surface area contributed by atoms with Crippen LogP contribution in [0.2, 0.25) is 0 Å². The summed E-state index contributed by atoms with van der Waals surface area (Å²) in [5, 5.41) is 8.02. The molecule has 0 bridgehead atoms. The van der Waals surface area contributed by atoms with Crippen LogP contribution in [0, 0.1) is 19.8 Å². The predicted molar refractivity (Wildman–Crippen MR) is 91.5 cm³/mol. The molecular weight excluding hydrogens is 326 g/mol. The van der Waals surface area contributed by atoms with Gasteiger partial charge in [-0.05, 0) is 53.4 Å². The van der Waals surface area contributed by atoms with E-state index in [1.54, 1.807) is 0 Å². The number of halogens is 1.